The van der Waals surface area contributed by atoms with E-state index < -0.39 is 41.2 Å². The van der Waals surface area contributed by atoms with Crippen molar-refractivity contribution in [2.75, 3.05) is 23.5 Å². The zero-order valence-electron chi connectivity index (χ0n) is 16.6. The van der Waals surface area contributed by atoms with Crippen LogP contribution in [0.3, 0.4) is 0 Å². The third kappa shape index (κ3) is 6.05. The number of nitrogens with one attached hydrogen (secondary N) is 2. The van der Waals surface area contributed by atoms with Crippen molar-refractivity contribution in [2.24, 2.45) is 0 Å². The second kappa shape index (κ2) is 9.96. The van der Waals surface area contributed by atoms with E-state index in [1.807, 2.05) is 0 Å². The lowest BCUT2D eigenvalue weighted by atomic mass is 10.1. The largest absolute Gasteiger partial charge is 0.493 e. The maximum absolute atomic E-state index is 13.9. The molecule has 0 saturated carbocycles. The van der Waals surface area contributed by atoms with Crippen LogP contribution in [0.4, 0.5) is 29.1 Å². The maximum atomic E-state index is 13.9. The summed E-state index contributed by atoms with van der Waals surface area (Å²) < 4.78 is 52.3. The number of anilines is 2. The Morgan fingerprint density at radius 3 is 2.55 bits per heavy atom. The first-order valence-corrected chi connectivity index (χ1v) is 9.70. The summed E-state index contributed by atoms with van der Waals surface area (Å²) in [6, 6.07) is 4.88. The van der Waals surface area contributed by atoms with Gasteiger partial charge in [-0.15, -0.1) is 5.06 Å². The number of carbonyl (C=O) groups is 3. The third-order valence-corrected chi connectivity index (χ3v) is 4.55. The second-order valence-electron chi connectivity index (χ2n) is 6.64. The number of rotatable bonds is 4. The number of nitrogens with zero attached hydrogens (tertiary/aromatic N) is 2. The molecule has 33 heavy (non-hydrogen) atoms. The minimum Gasteiger partial charge on any atom is -0.323 e. The molecule has 13 heteroatoms. The molecule has 0 aliphatic carbocycles. The number of halogens is 5. The minimum atomic E-state index is -5.44. The molecule has 2 aromatic rings. The molecule has 0 saturated heterocycles. The van der Waals surface area contributed by atoms with E-state index in [-0.39, 0.29) is 15.8 Å². The molecule has 0 fully saturated rings. The van der Waals surface area contributed by atoms with Gasteiger partial charge in [0.15, 0.2) is 5.82 Å². The number of amides is 2. The van der Waals surface area contributed by atoms with Crippen LogP contribution in [0.25, 0.3) is 0 Å². The monoisotopic (exact) mass is 486 g/mol. The molecule has 2 N–H and O–H groups in total. The van der Waals surface area contributed by atoms with Gasteiger partial charge in [-0.1, -0.05) is 17.7 Å². The van der Waals surface area contributed by atoms with Crippen LogP contribution in [-0.2, 0) is 14.4 Å². The number of hydroxylamine groups is 1. The lowest BCUT2D eigenvalue weighted by Crippen LogP contribution is -2.39. The molecular formula is C20H15ClF4N4O4. The van der Waals surface area contributed by atoms with Gasteiger partial charge in [0.1, 0.15) is 5.82 Å². The molecule has 1 aliphatic heterocycles. The van der Waals surface area contributed by atoms with Gasteiger partial charge < -0.3 is 15.5 Å². The van der Waals surface area contributed by atoms with E-state index in [1.54, 1.807) is 6.08 Å². The molecule has 2 amide bonds. The van der Waals surface area contributed by atoms with Crippen LogP contribution in [-0.4, -0.2) is 42.0 Å². The van der Waals surface area contributed by atoms with Gasteiger partial charge in [-0.2, -0.15) is 13.2 Å². The molecule has 1 aromatic carbocycles. The van der Waals surface area contributed by atoms with Crippen molar-refractivity contribution < 1.29 is 36.8 Å². The molecule has 8 nitrogen and oxygen atoms in total. The van der Waals surface area contributed by atoms with Gasteiger partial charge in [0, 0.05) is 18.3 Å². The molecule has 0 atom stereocenters. The summed E-state index contributed by atoms with van der Waals surface area (Å²) in [5, 5.41) is 5.48. The Bertz CT molecular complexity index is 1110. The van der Waals surface area contributed by atoms with E-state index in [0.717, 1.165) is 24.4 Å². The van der Waals surface area contributed by atoms with Crippen LogP contribution in [0, 0.1) is 5.82 Å². The highest BCUT2D eigenvalue weighted by Gasteiger charge is 2.44. The van der Waals surface area contributed by atoms with Gasteiger partial charge in [0.25, 0.3) is 11.8 Å². The molecule has 2 heterocycles. The number of benzene rings is 1. The van der Waals surface area contributed by atoms with Crippen molar-refractivity contribution in [3.8, 4) is 0 Å². The molecule has 1 aliphatic rings. The van der Waals surface area contributed by atoms with E-state index >= 15 is 0 Å². The summed E-state index contributed by atoms with van der Waals surface area (Å²) >= 11 is 5.71. The highest BCUT2D eigenvalue weighted by molar-refractivity contribution is 6.30. The molecule has 3 rings (SSSR count). The van der Waals surface area contributed by atoms with Crippen molar-refractivity contribution in [1.29, 1.82) is 0 Å². The lowest BCUT2D eigenvalue weighted by Gasteiger charge is -2.22. The summed E-state index contributed by atoms with van der Waals surface area (Å²) in [4.78, 5) is 45.0. The summed E-state index contributed by atoms with van der Waals surface area (Å²) in [6.45, 7) is 0.985. The molecule has 1 aromatic heterocycles. The van der Waals surface area contributed by atoms with Gasteiger partial charge in [-0.3, -0.25) is 9.59 Å². The van der Waals surface area contributed by atoms with Gasteiger partial charge in [0.2, 0.25) is 0 Å². The quantitative estimate of drug-likeness (QED) is 0.507. The number of pyridine rings is 1. The smallest absolute Gasteiger partial charge is 0.323 e. The third-order valence-electron chi connectivity index (χ3n) is 4.33. The Hall–Kier alpha value is -3.51. The fraction of sp³-hybridized carbons (Fsp3) is 0.200. The zero-order valence-corrected chi connectivity index (χ0v) is 17.3. The second-order valence-corrected chi connectivity index (χ2v) is 7.07. The minimum absolute atomic E-state index is 0.0552. The van der Waals surface area contributed by atoms with E-state index in [2.05, 4.69) is 20.5 Å². The standard InChI is InChI=1S/C20H15ClF4N4O4/c21-12-1-4-16(27-10-12)29(33-19(32)20(23,24)25)18(31)14-9-13(22)2-3-15(14)28-17(30)11-5-7-26-8-6-11/h1-5,9-10,26H,6-8H2,(H,28,30). The van der Waals surface area contributed by atoms with Gasteiger partial charge in [-0.05, 0) is 43.3 Å². The predicted octanol–water partition coefficient (Wildman–Crippen LogP) is 3.40. The number of alkyl halides is 3. The fourth-order valence-corrected chi connectivity index (χ4v) is 2.87. The van der Waals surface area contributed by atoms with E-state index in [1.165, 1.54) is 6.07 Å². The average molecular weight is 487 g/mol. The normalized spacial score (nSPS) is 13.7. The van der Waals surface area contributed by atoms with Gasteiger partial charge in [0.05, 0.1) is 16.3 Å². The van der Waals surface area contributed by atoms with Crippen molar-refractivity contribution in [3.05, 3.63) is 64.6 Å². The number of hydrogen-bond donors (Lipinski definition) is 2. The van der Waals surface area contributed by atoms with Crippen molar-refractivity contribution in [1.82, 2.24) is 10.3 Å². The molecule has 0 radical (unpaired) electrons. The Balaban J connectivity index is 1.98. The Morgan fingerprint density at radius 2 is 1.94 bits per heavy atom. The number of aromatic nitrogens is 1. The van der Waals surface area contributed by atoms with E-state index in [4.69, 9.17) is 11.6 Å². The Morgan fingerprint density at radius 1 is 1.18 bits per heavy atom. The fourth-order valence-electron chi connectivity index (χ4n) is 2.76. The lowest BCUT2D eigenvalue weighted by molar-refractivity contribution is -0.200. The first-order valence-electron chi connectivity index (χ1n) is 9.32. The number of hydrogen-bond acceptors (Lipinski definition) is 6. The SMILES string of the molecule is O=C(Nc1ccc(F)cc1C(=O)N(OC(=O)C(F)(F)F)c1ccc(Cl)cn1)C1=CCNCC1. The summed E-state index contributed by atoms with van der Waals surface area (Å²) in [5.74, 6) is -6.15. The van der Waals surface area contributed by atoms with Crippen LogP contribution in [0.15, 0.2) is 48.2 Å². The van der Waals surface area contributed by atoms with Gasteiger partial charge >= 0.3 is 12.1 Å². The molecular weight excluding hydrogens is 472 g/mol. The number of carbonyl (C=O) groups excluding carboxylic acids is 3. The molecule has 0 bridgehead atoms. The average Bonchev–Trinajstić information content (AvgIpc) is 2.78. The molecule has 0 spiro atoms. The zero-order chi connectivity index (χ0) is 24.2. The van der Waals surface area contributed by atoms with Crippen LogP contribution >= 0.6 is 11.6 Å². The Kier molecular flexibility index (Phi) is 7.29. The van der Waals surface area contributed by atoms with Crippen LogP contribution in [0.2, 0.25) is 5.02 Å². The van der Waals surface area contributed by atoms with Crippen LogP contribution < -0.4 is 15.7 Å². The maximum Gasteiger partial charge on any atom is 0.493 e. The summed E-state index contributed by atoms with van der Waals surface area (Å²) in [7, 11) is 0. The van der Waals surface area contributed by atoms with Crippen LogP contribution in [0.1, 0.15) is 16.8 Å². The summed E-state index contributed by atoms with van der Waals surface area (Å²) in [6.07, 6.45) is -2.43. The van der Waals surface area contributed by atoms with Crippen molar-refractivity contribution in [2.45, 2.75) is 12.6 Å². The van der Waals surface area contributed by atoms with Crippen molar-refractivity contribution >= 4 is 40.9 Å². The van der Waals surface area contributed by atoms with E-state index in [0.29, 0.717) is 31.1 Å². The predicted molar refractivity (Wildman–Crippen MR) is 109 cm³/mol. The molecule has 174 valence electrons. The highest BCUT2D eigenvalue weighted by Crippen LogP contribution is 2.26. The first kappa shape index (κ1) is 24.1. The topological polar surface area (TPSA) is 101 Å². The molecule has 0 unspecified atom stereocenters. The Labute approximate surface area is 189 Å². The van der Waals surface area contributed by atoms with Gasteiger partial charge in [-0.25, -0.2) is 14.2 Å². The highest BCUT2D eigenvalue weighted by atomic mass is 35.5. The first-order chi connectivity index (χ1) is 15.6. The van der Waals surface area contributed by atoms with E-state index in [9.17, 15) is 31.9 Å². The summed E-state index contributed by atoms with van der Waals surface area (Å²) in [5.41, 5.74) is -0.395. The van der Waals surface area contributed by atoms with Crippen LogP contribution in [0.5, 0.6) is 0 Å². The van der Waals surface area contributed by atoms with Crippen molar-refractivity contribution in [3.63, 3.8) is 0 Å².